The van der Waals surface area contributed by atoms with Crippen molar-refractivity contribution in [3.8, 4) is 0 Å². The summed E-state index contributed by atoms with van der Waals surface area (Å²) in [6.07, 6.45) is 2.45. The standard InChI is InChI=1S/C13H20N4O3/c1-10-4-6-15(9-13(10,2)3)12(18)8-16-7-5-11(14-16)17(19)20/h5,7,10H,4,6,8-9H2,1-3H3/t10-/m0/s1. The van der Waals surface area contributed by atoms with Crippen LogP contribution in [0.15, 0.2) is 12.3 Å². The molecule has 1 fully saturated rings. The minimum atomic E-state index is -0.563. The molecule has 1 aromatic heterocycles. The van der Waals surface area contributed by atoms with Crippen molar-refractivity contribution in [3.05, 3.63) is 22.4 Å². The largest absolute Gasteiger partial charge is 0.389 e. The number of aromatic nitrogens is 2. The Bertz CT molecular complexity index is 523. The number of nitrogens with zero attached hydrogens (tertiary/aromatic N) is 4. The number of likely N-dealkylation sites (tertiary alicyclic amines) is 1. The van der Waals surface area contributed by atoms with Crippen LogP contribution in [0.3, 0.4) is 0 Å². The second kappa shape index (κ2) is 5.22. The highest BCUT2D eigenvalue weighted by Crippen LogP contribution is 2.34. The highest BCUT2D eigenvalue weighted by molar-refractivity contribution is 5.76. The molecule has 0 unspecified atom stereocenters. The Kier molecular flexibility index (Phi) is 3.78. The van der Waals surface area contributed by atoms with Gasteiger partial charge in [0.15, 0.2) is 0 Å². The van der Waals surface area contributed by atoms with E-state index in [-0.39, 0.29) is 23.7 Å². The molecule has 0 aliphatic carbocycles. The molecule has 1 atom stereocenters. The normalized spacial score (nSPS) is 21.8. The van der Waals surface area contributed by atoms with Crippen molar-refractivity contribution in [3.63, 3.8) is 0 Å². The minimum Gasteiger partial charge on any atom is -0.358 e. The summed E-state index contributed by atoms with van der Waals surface area (Å²) in [5, 5.41) is 14.3. The number of hydrogen-bond donors (Lipinski definition) is 0. The summed E-state index contributed by atoms with van der Waals surface area (Å²) in [6, 6.07) is 1.30. The minimum absolute atomic E-state index is 0.0389. The number of hydrogen-bond acceptors (Lipinski definition) is 4. The van der Waals surface area contributed by atoms with Gasteiger partial charge >= 0.3 is 5.82 Å². The molecule has 7 heteroatoms. The molecule has 7 nitrogen and oxygen atoms in total. The summed E-state index contributed by atoms with van der Waals surface area (Å²) in [6.45, 7) is 8.05. The van der Waals surface area contributed by atoms with Crippen molar-refractivity contribution in [2.75, 3.05) is 13.1 Å². The zero-order chi connectivity index (χ0) is 14.9. The van der Waals surface area contributed by atoms with Crippen LogP contribution in [0.1, 0.15) is 27.2 Å². The van der Waals surface area contributed by atoms with Crippen LogP contribution in [0.4, 0.5) is 5.82 Å². The topological polar surface area (TPSA) is 81.3 Å². The Hall–Kier alpha value is -1.92. The fraction of sp³-hybridized carbons (Fsp3) is 0.692. The second-order valence-electron chi connectivity index (χ2n) is 6.12. The van der Waals surface area contributed by atoms with Crippen molar-refractivity contribution >= 4 is 11.7 Å². The zero-order valence-corrected chi connectivity index (χ0v) is 12.1. The lowest BCUT2D eigenvalue weighted by Gasteiger charge is -2.42. The number of carbonyl (C=O) groups excluding carboxylic acids is 1. The SMILES string of the molecule is C[C@H]1CCN(C(=O)Cn2ccc([N+](=O)[O-])n2)CC1(C)C. The molecule has 0 spiro atoms. The molecule has 0 bridgehead atoms. The van der Waals surface area contributed by atoms with E-state index in [2.05, 4.69) is 25.9 Å². The molecule has 1 aliphatic rings. The van der Waals surface area contributed by atoms with E-state index in [1.807, 2.05) is 4.90 Å². The first-order chi connectivity index (χ1) is 9.29. The van der Waals surface area contributed by atoms with E-state index < -0.39 is 4.92 Å². The second-order valence-corrected chi connectivity index (χ2v) is 6.12. The van der Waals surface area contributed by atoms with Crippen molar-refractivity contribution in [1.82, 2.24) is 14.7 Å². The highest BCUT2D eigenvalue weighted by atomic mass is 16.6. The maximum Gasteiger partial charge on any atom is 0.389 e. The predicted molar refractivity (Wildman–Crippen MR) is 73.0 cm³/mol. The van der Waals surface area contributed by atoms with Gasteiger partial charge in [-0.3, -0.25) is 4.79 Å². The molecular formula is C13H20N4O3. The number of piperidine rings is 1. The number of rotatable bonds is 3. The molecule has 1 saturated heterocycles. The summed E-state index contributed by atoms with van der Waals surface area (Å²) in [7, 11) is 0. The van der Waals surface area contributed by atoms with E-state index in [0.717, 1.165) is 19.5 Å². The molecule has 0 saturated carbocycles. The van der Waals surface area contributed by atoms with Crippen LogP contribution in [0.25, 0.3) is 0 Å². The number of amides is 1. The fourth-order valence-electron chi connectivity index (χ4n) is 2.45. The first-order valence-corrected chi connectivity index (χ1v) is 6.75. The van der Waals surface area contributed by atoms with Gasteiger partial charge in [-0.25, -0.2) is 0 Å². The summed E-state index contributed by atoms with van der Waals surface area (Å²) in [4.78, 5) is 24.1. The smallest absolute Gasteiger partial charge is 0.358 e. The van der Waals surface area contributed by atoms with E-state index in [9.17, 15) is 14.9 Å². The van der Waals surface area contributed by atoms with E-state index in [4.69, 9.17) is 0 Å². The lowest BCUT2D eigenvalue weighted by Crippen LogP contribution is -2.48. The molecule has 2 rings (SSSR count). The van der Waals surface area contributed by atoms with E-state index in [0.29, 0.717) is 5.92 Å². The third-order valence-corrected chi connectivity index (χ3v) is 4.23. The Morgan fingerprint density at radius 2 is 2.30 bits per heavy atom. The first-order valence-electron chi connectivity index (χ1n) is 6.75. The lowest BCUT2D eigenvalue weighted by molar-refractivity contribution is -0.389. The number of nitro groups is 1. The van der Waals surface area contributed by atoms with Crippen LogP contribution in [-0.4, -0.2) is 38.6 Å². The van der Waals surface area contributed by atoms with Gasteiger partial charge in [0.25, 0.3) is 0 Å². The molecule has 1 amide bonds. The lowest BCUT2D eigenvalue weighted by atomic mass is 9.75. The van der Waals surface area contributed by atoms with Gasteiger partial charge in [0.05, 0.1) is 17.4 Å². The van der Waals surface area contributed by atoms with Crippen molar-refractivity contribution < 1.29 is 9.72 Å². The Labute approximate surface area is 117 Å². The van der Waals surface area contributed by atoms with Crippen molar-refractivity contribution in [1.29, 1.82) is 0 Å². The molecule has 110 valence electrons. The molecule has 1 aromatic rings. The summed E-state index contributed by atoms with van der Waals surface area (Å²) in [5.41, 5.74) is 0.101. The highest BCUT2D eigenvalue weighted by Gasteiger charge is 2.35. The van der Waals surface area contributed by atoms with Crippen LogP contribution in [0, 0.1) is 21.4 Å². The maximum atomic E-state index is 12.2. The molecule has 2 heterocycles. The molecule has 0 N–H and O–H groups in total. The maximum absolute atomic E-state index is 12.2. The van der Waals surface area contributed by atoms with Gasteiger partial charge in [-0.15, -0.1) is 0 Å². The predicted octanol–water partition coefficient (Wildman–Crippen LogP) is 1.69. The van der Waals surface area contributed by atoms with Crippen LogP contribution in [0.2, 0.25) is 0 Å². The number of carbonyl (C=O) groups is 1. The first kappa shape index (κ1) is 14.5. The van der Waals surface area contributed by atoms with Crippen LogP contribution in [-0.2, 0) is 11.3 Å². The Morgan fingerprint density at radius 3 is 2.85 bits per heavy atom. The monoisotopic (exact) mass is 280 g/mol. The summed E-state index contributed by atoms with van der Waals surface area (Å²) in [5.74, 6) is 0.311. The third-order valence-electron chi connectivity index (χ3n) is 4.23. The van der Waals surface area contributed by atoms with Crippen LogP contribution >= 0.6 is 0 Å². The van der Waals surface area contributed by atoms with Gasteiger partial charge in [0.2, 0.25) is 5.91 Å². The average molecular weight is 280 g/mol. The van der Waals surface area contributed by atoms with Gasteiger partial charge < -0.3 is 15.0 Å². The van der Waals surface area contributed by atoms with Crippen molar-refractivity contribution in [2.24, 2.45) is 11.3 Å². The molecule has 0 aromatic carbocycles. The molecule has 0 radical (unpaired) electrons. The van der Waals surface area contributed by atoms with E-state index in [1.165, 1.54) is 16.9 Å². The fourth-order valence-corrected chi connectivity index (χ4v) is 2.45. The van der Waals surface area contributed by atoms with Gasteiger partial charge in [-0.2, -0.15) is 4.68 Å². The summed E-state index contributed by atoms with van der Waals surface area (Å²) < 4.78 is 1.32. The average Bonchev–Trinajstić information content (AvgIpc) is 2.81. The Morgan fingerprint density at radius 1 is 1.60 bits per heavy atom. The van der Waals surface area contributed by atoms with Crippen molar-refractivity contribution in [2.45, 2.75) is 33.7 Å². The van der Waals surface area contributed by atoms with E-state index >= 15 is 0 Å². The van der Waals surface area contributed by atoms with Crippen LogP contribution < -0.4 is 0 Å². The van der Waals surface area contributed by atoms with Gasteiger partial charge in [-0.1, -0.05) is 20.8 Å². The van der Waals surface area contributed by atoms with Gasteiger partial charge in [0, 0.05) is 13.1 Å². The molecule has 20 heavy (non-hydrogen) atoms. The third kappa shape index (κ3) is 2.97. The quantitative estimate of drug-likeness (QED) is 0.623. The summed E-state index contributed by atoms with van der Waals surface area (Å²) >= 11 is 0. The molecule has 1 aliphatic heterocycles. The Balaban J connectivity index is 1.99. The van der Waals surface area contributed by atoms with Gasteiger partial charge in [0.1, 0.15) is 6.54 Å². The van der Waals surface area contributed by atoms with E-state index in [1.54, 1.807) is 0 Å². The van der Waals surface area contributed by atoms with Gasteiger partial charge in [-0.05, 0) is 22.7 Å². The molecular weight excluding hydrogens is 260 g/mol. The zero-order valence-electron chi connectivity index (χ0n) is 12.1. The van der Waals surface area contributed by atoms with Crippen LogP contribution in [0.5, 0.6) is 0 Å².